The molecule has 1 aromatic carbocycles. The van der Waals surface area contributed by atoms with Crippen LogP contribution in [-0.2, 0) is 6.42 Å². The molecule has 0 aliphatic rings. The van der Waals surface area contributed by atoms with Gasteiger partial charge in [0.25, 0.3) is 5.78 Å². The summed E-state index contributed by atoms with van der Waals surface area (Å²) in [5.74, 6) is 1.32. The molecule has 5 nitrogen and oxygen atoms in total. The van der Waals surface area contributed by atoms with Gasteiger partial charge in [-0.15, -0.1) is 10.2 Å². The first-order valence-electron chi connectivity index (χ1n) is 5.80. The highest BCUT2D eigenvalue weighted by molar-refractivity contribution is 5.28. The summed E-state index contributed by atoms with van der Waals surface area (Å²) in [6, 6.07) is 11.8. The first-order valence-corrected chi connectivity index (χ1v) is 5.80. The highest BCUT2D eigenvalue weighted by atomic mass is 15.3. The average Bonchev–Trinajstić information content (AvgIpc) is 2.84. The molecule has 2 aromatic heterocycles. The summed E-state index contributed by atoms with van der Waals surface area (Å²) in [4.78, 5) is 4.13. The van der Waals surface area contributed by atoms with Gasteiger partial charge in [-0.3, -0.25) is 4.40 Å². The molecule has 3 rings (SSSR count). The van der Waals surface area contributed by atoms with Gasteiger partial charge >= 0.3 is 0 Å². The Hall–Kier alpha value is -2.27. The van der Waals surface area contributed by atoms with Crippen LogP contribution in [0.5, 0.6) is 0 Å². The number of hydrogen-bond donors (Lipinski definition) is 1. The second kappa shape index (κ2) is 4.54. The van der Waals surface area contributed by atoms with Crippen molar-refractivity contribution in [3.63, 3.8) is 0 Å². The molecule has 0 bridgehead atoms. The zero-order chi connectivity index (χ0) is 12.4. The quantitative estimate of drug-likeness (QED) is 0.749. The molecule has 0 amide bonds. The smallest absolute Gasteiger partial charge is 0.254 e. The summed E-state index contributed by atoms with van der Waals surface area (Å²) < 4.78 is 1.83. The topological polar surface area (TPSA) is 69.1 Å². The van der Waals surface area contributed by atoms with Crippen LogP contribution in [0.2, 0.25) is 0 Å². The van der Waals surface area contributed by atoms with Crippen LogP contribution in [0.4, 0.5) is 0 Å². The monoisotopic (exact) mass is 239 g/mol. The lowest BCUT2D eigenvalue weighted by atomic mass is 10.1. The van der Waals surface area contributed by atoms with Crippen molar-refractivity contribution >= 4 is 5.78 Å². The van der Waals surface area contributed by atoms with E-state index < -0.39 is 0 Å². The highest BCUT2D eigenvalue weighted by Gasteiger charge is 2.14. The van der Waals surface area contributed by atoms with Crippen LogP contribution < -0.4 is 5.73 Å². The van der Waals surface area contributed by atoms with Gasteiger partial charge in [-0.05, 0) is 18.1 Å². The molecule has 90 valence electrons. The number of fused-ring (bicyclic) bond motifs is 1. The van der Waals surface area contributed by atoms with Crippen molar-refractivity contribution < 1.29 is 0 Å². The van der Waals surface area contributed by atoms with Crippen LogP contribution in [-0.4, -0.2) is 19.6 Å². The molecule has 5 heteroatoms. The molecule has 0 saturated carbocycles. The molecule has 0 aliphatic carbocycles. The zero-order valence-electron chi connectivity index (χ0n) is 9.77. The third-order valence-corrected chi connectivity index (χ3v) is 2.85. The van der Waals surface area contributed by atoms with Crippen molar-refractivity contribution in [2.45, 2.75) is 12.5 Å². The van der Waals surface area contributed by atoms with E-state index in [2.05, 4.69) is 27.3 Å². The number of aromatic nitrogens is 4. The largest absolute Gasteiger partial charge is 0.321 e. The van der Waals surface area contributed by atoms with E-state index in [1.807, 2.05) is 34.9 Å². The summed E-state index contributed by atoms with van der Waals surface area (Å²) in [5, 5.41) is 8.12. The van der Waals surface area contributed by atoms with Gasteiger partial charge in [-0.2, -0.15) is 0 Å². The van der Waals surface area contributed by atoms with E-state index in [1.54, 1.807) is 6.20 Å². The molecule has 0 radical (unpaired) electrons. The van der Waals surface area contributed by atoms with Crippen molar-refractivity contribution in [3.05, 3.63) is 60.2 Å². The summed E-state index contributed by atoms with van der Waals surface area (Å²) in [7, 11) is 0. The van der Waals surface area contributed by atoms with Crippen LogP contribution >= 0.6 is 0 Å². The lowest BCUT2D eigenvalue weighted by Gasteiger charge is -2.09. The number of nitrogens with two attached hydrogens (primary N) is 1. The Bertz CT molecular complexity index is 647. The number of hydrogen-bond acceptors (Lipinski definition) is 4. The Balaban J connectivity index is 1.90. The highest BCUT2D eigenvalue weighted by Crippen LogP contribution is 2.14. The van der Waals surface area contributed by atoms with E-state index >= 15 is 0 Å². The van der Waals surface area contributed by atoms with Crippen LogP contribution in [0.3, 0.4) is 0 Å². The van der Waals surface area contributed by atoms with E-state index in [4.69, 9.17) is 5.73 Å². The van der Waals surface area contributed by atoms with Gasteiger partial charge in [0.2, 0.25) is 0 Å². The summed E-state index contributed by atoms with van der Waals surface area (Å²) in [6.07, 6.45) is 4.30. The molecule has 18 heavy (non-hydrogen) atoms. The van der Waals surface area contributed by atoms with Crippen molar-refractivity contribution in [3.8, 4) is 0 Å². The second-order valence-electron chi connectivity index (χ2n) is 4.14. The number of rotatable bonds is 3. The third-order valence-electron chi connectivity index (χ3n) is 2.85. The second-order valence-corrected chi connectivity index (χ2v) is 4.14. The fourth-order valence-corrected chi connectivity index (χ4v) is 1.97. The lowest BCUT2D eigenvalue weighted by molar-refractivity contribution is 0.657. The standard InChI is InChI=1S/C13H13N5/c14-11(9-10-5-2-1-3-6-10)12-16-17-13-15-7-4-8-18(12)13/h1-8,11H,9,14H2. The predicted molar refractivity (Wildman–Crippen MR) is 67.9 cm³/mol. The van der Waals surface area contributed by atoms with Crippen LogP contribution in [0.15, 0.2) is 48.8 Å². The number of benzene rings is 1. The summed E-state index contributed by atoms with van der Waals surface area (Å²) >= 11 is 0. The van der Waals surface area contributed by atoms with Gasteiger partial charge in [0, 0.05) is 12.4 Å². The van der Waals surface area contributed by atoms with Crippen molar-refractivity contribution in [1.82, 2.24) is 19.6 Å². The van der Waals surface area contributed by atoms with Crippen LogP contribution in [0, 0.1) is 0 Å². The van der Waals surface area contributed by atoms with Gasteiger partial charge in [-0.25, -0.2) is 4.98 Å². The Kier molecular flexibility index (Phi) is 2.74. The van der Waals surface area contributed by atoms with Gasteiger partial charge in [-0.1, -0.05) is 30.3 Å². The van der Waals surface area contributed by atoms with Crippen molar-refractivity contribution in [2.75, 3.05) is 0 Å². The molecule has 1 unspecified atom stereocenters. The van der Waals surface area contributed by atoms with Crippen LogP contribution in [0.25, 0.3) is 5.78 Å². The molecule has 0 spiro atoms. The van der Waals surface area contributed by atoms with E-state index in [0.29, 0.717) is 5.78 Å². The minimum absolute atomic E-state index is 0.188. The number of nitrogens with zero attached hydrogens (tertiary/aromatic N) is 4. The zero-order valence-corrected chi connectivity index (χ0v) is 9.77. The molecular formula is C13H13N5. The SMILES string of the molecule is NC(Cc1ccccc1)c1nnc2ncccn12. The van der Waals surface area contributed by atoms with Gasteiger partial charge < -0.3 is 5.73 Å². The van der Waals surface area contributed by atoms with E-state index in [1.165, 1.54) is 5.56 Å². The Morgan fingerprint density at radius 2 is 1.94 bits per heavy atom. The normalized spacial score (nSPS) is 12.7. The summed E-state index contributed by atoms with van der Waals surface area (Å²) in [5.41, 5.74) is 7.37. The fraction of sp³-hybridized carbons (Fsp3) is 0.154. The van der Waals surface area contributed by atoms with Gasteiger partial charge in [0.1, 0.15) is 0 Å². The Morgan fingerprint density at radius 3 is 2.78 bits per heavy atom. The molecule has 3 aromatic rings. The predicted octanol–water partition coefficient (Wildman–Crippen LogP) is 1.37. The van der Waals surface area contributed by atoms with E-state index in [-0.39, 0.29) is 6.04 Å². The first kappa shape index (κ1) is 10.9. The van der Waals surface area contributed by atoms with E-state index in [0.717, 1.165) is 12.2 Å². The van der Waals surface area contributed by atoms with Crippen molar-refractivity contribution in [1.29, 1.82) is 0 Å². The maximum Gasteiger partial charge on any atom is 0.254 e. The summed E-state index contributed by atoms with van der Waals surface area (Å²) in [6.45, 7) is 0. The minimum atomic E-state index is -0.188. The molecule has 0 fully saturated rings. The molecule has 2 heterocycles. The fourth-order valence-electron chi connectivity index (χ4n) is 1.97. The van der Waals surface area contributed by atoms with Crippen LogP contribution in [0.1, 0.15) is 17.4 Å². The maximum absolute atomic E-state index is 6.19. The lowest BCUT2D eigenvalue weighted by Crippen LogP contribution is -2.16. The third kappa shape index (κ3) is 1.96. The van der Waals surface area contributed by atoms with Gasteiger partial charge in [0.05, 0.1) is 6.04 Å². The first-order chi connectivity index (χ1) is 8.84. The van der Waals surface area contributed by atoms with Gasteiger partial charge in [0.15, 0.2) is 5.82 Å². The molecular weight excluding hydrogens is 226 g/mol. The Labute approximate surface area is 104 Å². The molecule has 2 N–H and O–H groups in total. The minimum Gasteiger partial charge on any atom is -0.321 e. The Morgan fingerprint density at radius 1 is 1.11 bits per heavy atom. The molecule has 0 aliphatic heterocycles. The average molecular weight is 239 g/mol. The molecule has 1 atom stereocenters. The maximum atomic E-state index is 6.19. The van der Waals surface area contributed by atoms with E-state index in [9.17, 15) is 0 Å². The molecule has 0 saturated heterocycles. The van der Waals surface area contributed by atoms with Crippen molar-refractivity contribution in [2.24, 2.45) is 5.73 Å².